The number of benzene rings is 3. The fraction of sp³-hybridized carbons (Fsp3) is 0.259. The molecule has 5 nitrogen and oxygen atoms in total. The summed E-state index contributed by atoms with van der Waals surface area (Å²) in [7, 11) is 2.20. The Morgan fingerprint density at radius 3 is 2.56 bits per heavy atom. The highest BCUT2D eigenvalue weighted by molar-refractivity contribution is 5.85. The molecule has 5 rings (SSSR count). The van der Waals surface area contributed by atoms with E-state index < -0.39 is 0 Å². The van der Waals surface area contributed by atoms with Gasteiger partial charge >= 0.3 is 0 Å². The van der Waals surface area contributed by atoms with E-state index in [2.05, 4.69) is 58.6 Å². The fourth-order valence-electron chi connectivity index (χ4n) is 4.50. The molecular formula is C27H28N4O. The first-order valence-corrected chi connectivity index (χ1v) is 11.2. The smallest absolute Gasteiger partial charge is 0.227 e. The second kappa shape index (κ2) is 9.07. The van der Waals surface area contributed by atoms with Gasteiger partial charge in [-0.15, -0.1) is 0 Å². The van der Waals surface area contributed by atoms with Crippen LogP contribution < -0.4 is 5.32 Å². The van der Waals surface area contributed by atoms with Gasteiger partial charge in [0.2, 0.25) is 5.95 Å². The van der Waals surface area contributed by atoms with Crippen LogP contribution in [0.1, 0.15) is 29.9 Å². The van der Waals surface area contributed by atoms with E-state index in [1.165, 1.54) is 31.5 Å². The van der Waals surface area contributed by atoms with E-state index in [0.29, 0.717) is 11.9 Å². The summed E-state index contributed by atoms with van der Waals surface area (Å²) >= 11 is 0. The Labute approximate surface area is 188 Å². The Balaban J connectivity index is 1.36. The topological polar surface area (TPSA) is 61.3 Å². The Morgan fingerprint density at radius 2 is 1.78 bits per heavy atom. The van der Waals surface area contributed by atoms with E-state index in [0.717, 1.165) is 33.3 Å². The first-order chi connectivity index (χ1) is 15.7. The molecule has 1 aliphatic heterocycles. The van der Waals surface area contributed by atoms with E-state index in [9.17, 15) is 5.11 Å². The molecule has 0 amide bonds. The number of anilines is 2. The van der Waals surface area contributed by atoms with Gasteiger partial charge in [0, 0.05) is 17.3 Å². The largest absolute Gasteiger partial charge is 0.392 e. The molecule has 5 heteroatoms. The summed E-state index contributed by atoms with van der Waals surface area (Å²) in [5.41, 5.74) is 6.24. The van der Waals surface area contributed by atoms with Gasteiger partial charge in [0.15, 0.2) is 0 Å². The van der Waals surface area contributed by atoms with Crippen LogP contribution in [0.15, 0.2) is 72.9 Å². The van der Waals surface area contributed by atoms with Crippen LogP contribution >= 0.6 is 0 Å². The second-order valence-corrected chi connectivity index (χ2v) is 8.61. The molecule has 1 fully saturated rings. The molecule has 0 spiro atoms. The van der Waals surface area contributed by atoms with Crippen molar-refractivity contribution in [2.24, 2.45) is 0 Å². The molecule has 1 saturated heterocycles. The number of rotatable bonds is 5. The van der Waals surface area contributed by atoms with Crippen LogP contribution in [-0.4, -0.2) is 40.1 Å². The molecule has 0 aliphatic carbocycles. The summed E-state index contributed by atoms with van der Waals surface area (Å²) in [6.45, 7) is 2.35. The number of hydrogen-bond acceptors (Lipinski definition) is 5. The molecule has 0 bridgehead atoms. The maximum Gasteiger partial charge on any atom is 0.227 e. The zero-order valence-electron chi connectivity index (χ0n) is 18.3. The average Bonchev–Trinajstić information content (AvgIpc) is 2.84. The van der Waals surface area contributed by atoms with E-state index in [-0.39, 0.29) is 6.61 Å². The Hall–Kier alpha value is -3.28. The number of piperidine rings is 1. The van der Waals surface area contributed by atoms with Gasteiger partial charge in [-0.3, -0.25) is 0 Å². The third kappa shape index (κ3) is 4.35. The first kappa shape index (κ1) is 20.6. The molecule has 32 heavy (non-hydrogen) atoms. The molecule has 162 valence electrons. The van der Waals surface area contributed by atoms with Crippen molar-refractivity contribution in [1.82, 2.24) is 14.9 Å². The molecule has 4 aromatic rings. The molecular weight excluding hydrogens is 396 g/mol. The van der Waals surface area contributed by atoms with Gasteiger partial charge in [-0.2, -0.15) is 0 Å². The van der Waals surface area contributed by atoms with E-state index in [1.54, 1.807) is 0 Å². The number of nitrogens with zero attached hydrogens (tertiary/aromatic N) is 3. The number of aromatic nitrogens is 2. The molecule has 1 aromatic heterocycles. The van der Waals surface area contributed by atoms with Crippen molar-refractivity contribution in [3.8, 4) is 11.1 Å². The minimum atomic E-state index is 0.0122. The van der Waals surface area contributed by atoms with Gasteiger partial charge in [0.05, 0.1) is 12.1 Å². The third-order valence-electron chi connectivity index (χ3n) is 6.44. The average molecular weight is 425 g/mol. The Kier molecular flexibility index (Phi) is 5.84. The molecule has 0 atom stereocenters. The summed E-state index contributed by atoms with van der Waals surface area (Å²) < 4.78 is 0. The Bertz CT molecular complexity index is 1210. The molecule has 0 unspecified atom stereocenters. The number of aliphatic hydroxyl groups excluding tert-OH is 1. The van der Waals surface area contributed by atoms with Crippen LogP contribution in [0.2, 0.25) is 0 Å². The van der Waals surface area contributed by atoms with E-state index in [1.807, 2.05) is 36.5 Å². The standard InChI is InChI=1S/C27H28N4O/c1-31-14-12-20(13-15-31)19-8-10-24(11-9-19)29-27-28-17-22-7-6-21(16-26(22)30-27)25-5-3-2-4-23(25)18-32/h2-11,16-17,20,32H,12-15,18H2,1H3,(H,28,29,30). The maximum atomic E-state index is 9.68. The zero-order valence-corrected chi connectivity index (χ0v) is 18.3. The predicted octanol–water partition coefficient (Wildman–Crippen LogP) is 5.34. The van der Waals surface area contributed by atoms with Gasteiger partial charge in [-0.1, -0.05) is 48.5 Å². The lowest BCUT2D eigenvalue weighted by Gasteiger charge is -2.29. The minimum Gasteiger partial charge on any atom is -0.392 e. The Morgan fingerprint density at radius 1 is 1.00 bits per heavy atom. The highest BCUT2D eigenvalue weighted by atomic mass is 16.3. The molecule has 0 radical (unpaired) electrons. The van der Waals surface area contributed by atoms with Crippen molar-refractivity contribution in [3.63, 3.8) is 0 Å². The van der Waals surface area contributed by atoms with Gasteiger partial charge < -0.3 is 15.3 Å². The monoisotopic (exact) mass is 424 g/mol. The van der Waals surface area contributed by atoms with Crippen LogP contribution in [0.25, 0.3) is 22.0 Å². The second-order valence-electron chi connectivity index (χ2n) is 8.61. The van der Waals surface area contributed by atoms with E-state index >= 15 is 0 Å². The molecule has 2 heterocycles. The summed E-state index contributed by atoms with van der Waals surface area (Å²) in [6.07, 6.45) is 4.29. The summed E-state index contributed by atoms with van der Waals surface area (Å²) in [6, 6.07) is 22.7. The van der Waals surface area contributed by atoms with Crippen LogP contribution in [0.3, 0.4) is 0 Å². The van der Waals surface area contributed by atoms with Gasteiger partial charge in [0.25, 0.3) is 0 Å². The number of fused-ring (bicyclic) bond motifs is 1. The highest BCUT2D eigenvalue weighted by Crippen LogP contribution is 2.30. The van der Waals surface area contributed by atoms with Crippen LogP contribution in [0.4, 0.5) is 11.6 Å². The van der Waals surface area contributed by atoms with E-state index in [4.69, 9.17) is 4.98 Å². The number of likely N-dealkylation sites (tertiary alicyclic amines) is 1. The zero-order chi connectivity index (χ0) is 21.9. The summed E-state index contributed by atoms with van der Waals surface area (Å²) in [4.78, 5) is 11.6. The molecule has 3 aromatic carbocycles. The first-order valence-electron chi connectivity index (χ1n) is 11.2. The summed E-state index contributed by atoms with van der Waals surface area (Å²) in [5, 5.41) is 14.0. The van der Waals surface area contributed by atoms with Gasteiger partial charge in [0.1, 0.15) is 0 Å². The van der Waals surface area contributed by atoms with Crippen molar-refractivity contribution in [3.05, 3.63) is 84.1 Å². The maximum absolute atomic E-state index is 9.68. The lowest BCUT2D eigenvalue weighted by Crippen LogP contribution is -2.29. The van der Waals surface area contributed by atoms with Crippen molar-refractivity contribution < 1.29 is 5.11 Å². The molecule has 2 N–H and O–H groups in total. The predicted molar refractivity (Wildman–Crippen MR) is 130 cm³/mol. The normalized spacial score (nSPS) is 15.2. The van der Waals surface area contributed by atoms with Crippen LogP contribution in [0.5, 0.6) is 0 Å². The van der Waals surface area contributed by atoms with Crippen molar-refractivity contribution >= 4 is 22.5 Å². The lowest BCUT2D eigenvalue weighted by atomic mass is 9.89. The van der Waals surface area contributed by atoms with Gasteiger partial charge in [-0.05, 0) is 79.3 Å². The third-order valence-corrected chi connectivity index (χ3v) is 6.44. The number of nitrogens with one attached hydrogen (secondary N) is 1. The summed E-state index contributed by atoms with van der Waals surface area (Å²) in [5.74, 6) is 1.23. The number of hydrogen-bond donors (Lipinski definition) is 2. The minimum absolute atomic E-state index is 0.0122. The van der Waals surface area contributed by atoms with Crippen LogP contribution in [-0.2, 0) is 6.61 Å². The fourth-order valence-corrected chi connectivity index (χ4v) is 4.50. The SMILES string of the molecule is CN1CCC(c2ccc(Nc3ncc4ccc(-c5ccccc5CO)cc4n3)cc2)CC1. The molecule has 1 aliphatic rings. The van der Waals surface area contributed by atoms with Crippen molar-refractivity contribution in [2.75, 3.05) is 25.5 Å². The van der Waals surface area contributed by atoms with Crippen LogP contribution in [0, 0.1) is 0 Å². The molecule has 0 saturated carbocycles. The number of aliphatic hydroxyl groups is 1. The van der Waals surface area contributed by atoms with Crippen molar-refractivity contribution in [2.45, 2.75) is 25.4 Å². The lowest BCUT2D eigenvalue weighted by molar-refractivity contribution is 0.255. The highest BCUT2D eigenvalue weighted by Gasteiger charge is 2.18. The van der Waals surface area contributed by atoms with Gasteiger partial charge in [-0.25, -0.2) is 9.97 Å². The quantitative estimate of drug-likeness (QED) is 0.453. The van der Waals surface area contributed by atoms with Crippen molar-refractivity contribution in [1.29, 1.82) is 0 Å².